The lowest BCUT2D eigenvalue weighted by Gasteiger charge is -2.24. The second-order valence-corrected chi connectivity index (χ2v) is 4.78. The molecule has 0 radical (unpaired) electrons. The van der Waals surface area contributed by atoms with Crippen LogP contribution in [-0.4, -0.2) is 72.7 Å². The zero-order valence-electron chi connectivity index (χ0n) is 11.3. The van der Waals surface area contributed by atoms with Gasteiger partial charge in [-0.15, -0.1) is 0 Å². The summed E-state index contributed by atoms with van der Waals surface area (Å²) in [5, 5.41) is 8.84. The van der Waals surface area contributed by atoms with Crippen molar-refractivity contribution in [3.63, 3.8) is 0 Å². The molecule has 6 nitrogen and oxygen atoms in total. The molecule has 0 aromatic carbocycles. The van der Waals surface area contributed by atoms with Crippen molar-refractivity contribution in [2.75, 3.05) is 33.7 Å². The van der Waals surface area contributed by atoms with E-state index in [1.54, 1.807) is 19.0 Å². The Bertz CT molecular complexity index is 306. The lowest BCUT2D eigenvalue weighted by molar-refractivity contribution is -0.150. The minimum Gasteiger partial charge on any atom is -0.479 e. The molecule has 2 unspecified atom stereocenters. The predicted molar refractivity (Wildman–Crippen MR) is 66.3 cm³/mol. The van der Waals surface area contributed by atoms with E-state index in [2.05, 4.69) is 0 Å². The monoisotopic (exact) mass is 258 g/mol. The summed E-state index contributed by atoms with van der Waals surface area (Å²) in [5.74, 6) is -0.852. The van der Waals surface area contributed by atoms with Gasteiger partial charge < -0.3 is 14.7 Å². The molecule has 0 aromatic heterocycles. The quantitative estimate of drug-likeness (QED) is 0.728. The number of amides is 1. The summed E-state index contributed by atoms with van der Waals surface area (Å²) in [6.45, 7) is 3.69. The normalized spacial score (nSPS) is 23.3. The van der Waals surface area contributed by atoms with Crippen LogP contribution in [0, 0.1) is 0 Å². The van der Waals surface area contributed by atoms with Crippen molar-refractivity contribution in [2.24, 2.45) is 0 Å². The number of rotatable bonds is 6. The Morgan fingerprint density at radius 3 is 2.44 bits per heavy atom. The maximum absolute atomic E-state index is 11.6. The molecule has 1 aliphatic heterocycles. The lowest BCUT2D eigenvalue weighted by Crippen LogP contribution is -2.40. The molecular formula is C12H22N2O4. The standard InChI is InChI=1S/C12H22N2O4/c1-4-14(8-11(15)13(2)3)7-9-5-6-10(18-9)12(16)17/h9-10H,4-8H2,1-3H3,(H,16,17). The van der Waals surface area contributed by atoms with Crippen molar-refractivity contribution in [3.8, 4) is 0 Å². The molecule has 0 bridgehead atoms. The molecule has 1 amide bonds. The van der Waals surface area contributed by atoms with Crippen LogP contribution in [0.15, 0.2) is 0 Å². The molecule has 0 aliphatic carbocycles. The molecular weight excluding hydrogens is 236 g/mol. The number of aliphatic carboxylic acids is 1. The van der Waals surface area contributed by atoms with Gasteiger partial charge in [-0.05, 0) is 19.4 Å². The van der Waals surface area contributed by atoms with E-state index in [-0.39, 0.29) is 12.0 Å². The van der Waals surface area contributed by atoms with Crippen LogP contribution >= 0.6 is 0 Å². The molecule has 6 heteroatoms. The van der Waals surface area contributed by atoms with Crippen LogP contribution in [0.4, 0.5) is 0 Å². The molecule has 1 fully saturated rings. The fourth-order valence-corrected chi connectivity index (χ4v) is 1.95. The average molecular weight is 258 g/mol. The van der Waals surface area contributed by atoms with Gasteiger partial charge in [0.25, 0.3) is 0 Å². The highest BCUT2D eigenvalue weighted by Crippen LogP contribution is 2.20. The molecule has 1 aliphatic rings. The fraction of sp³-hybridized carbons (Fsp3) is 0.833. The van der Waals surface area contributed by atoms with E-state index in [9.17, 15) is 9.59 Å². The molecule has 0 aromatic rings. The lowest BCUT2D eigenvalue weighted by atomic mass is 10.2. The maximum Gasteiger partial charge on any atom is 0.332 e. The molecule has 1 saturated heterocycles. The number of carbonyl (C=O) groups excluding carboxylic acids is 1. The Hall–Kier alpha value is -1.14. The summed E-state index contributed by atoms with van der Waals surface area (Å²) in [6, 6.07) is 0. The van der Waals surface area contributed by atoms with Crippen LogP contribution in [0.25, 0.3) is 0 Å². The van der Waals surface area contributed by atoms with Gasteiger partial charge in [-0.2, -0.15) is 0 Å². The Labute approximate surface area is 107 Å². The second kappa shape index (κ2) is 6.70. The Balaban J connectivity index is 2.40. The Morgan fingerprint density at radius 1 is 1.33 bits per heavy atom. The smallest absolute Gasteiger partial charge is 0.332 e. The number of hydrogen-bond donors (Lipinski definition) is 1. The molecule has 104 valence electrons. The van der Waals surface area contributed by atoms with E-state index >= 15 is 0 Å². The molecule has 2 atom stereocenters. The Kier molecular flexibility index (Phi) is 5.55. The van der Waals surface area contributed by atoms with Crippen molar-refractivity contribution in [2.45, 2.75) is 32.0 Å². The number of nitrogens with zero attached hydrogens (tertiary/aromatic N) is 2. The van der Waals surface area contributed by atoms with E-state index < -0.39 is 12.1 Å². The third-order valence-corrected chi connectivity index (χ3v) is 3.15. The summed E-state index contributed by atoms with van der Waals surface area (Å²) in [5.41, 5.74) is 0. The summed E-state index contributed by atoms with van der Waals surface area (Å²) < 4.78 is 5.43. The number of carboxylic acids is 1. The molecule has 1 N–H and O–H groups in total. The van der Waals surface area contributed by atoms with E-state index in [4.69, 9.17) is 9.84 Å². The summed E-state index contributed by atoms with van der Waals surface area (Å²) in [6.07, 6.45) is 0.530. The first kappa shape index (κ1) is 14.9. The van der Waals surface area contributed by atoms with Crippen molar-refractivity contribution >= 4 is 11.9 Å². The minimum absolute atomic E-state index is 0.0460. The van der Waals surface area contributed by atoms with Crippen LogP contribution < -0.4 is 0 Å². The zero-order chi connectivity index (χ0) is 13.7. The molecule has 1 rings (SSSR count). The van der Waals surface area contributed by atoms with Gasteiger partial charge in [-0.25, -0.2) is 4.79 Å². The van der Waals surface area contributed by atoms with Crippen molar-refractivity contribution in [1.82, 2.24) is 9.80 Å². The topological polar surface area (TPSA) is 70.1 Å². The van der Waals surface area contributed by atoms with Gasteiger partial charge >= 0.3 is 5.97 Å². The minimum atomic E-state index is -0.898. The summed E-state index contributed by atoms with van der Waals surface area (Å²) in [7, 11) is 3.45. The average Bonchev–Trinajstić information content (AvgIpc) is 2.76. The van der Waals surface area contributed by atoms with Gasteiger partial charge in [-0.1, -0.05) is 6.92 Å². The van der Waals surface area contributed by atoms with Crippen LogP contribution in [0.1, 0.15) is 19.8 Å². The van der Waals surface area contributed by atoms with E-state index in [1.807, 2.05) is 11.8 Å². The van der Waals surface area contributed by atoms with Crippen molar-refractivity contribution < 1.29 is 19.4 Å². The van der Waals surface area contributed by atoms with E-state index in [1.165, 1.54) is 0 Å². The predicted octanol–water partition coefficient (Wildman–Crippen LogP) is 0.0287. The highest BCUT2D eigenvalue weighted by molar-refractivity contribution is 5.77. The number of carbonyl (C=O) groups is 2. The number of likely N-dealkylation sites (N-methyl/N-ethyl adjacent to an activating group) is 2. The highest BCUT2D eigenvalue weighted by Gasteiger charge is 2.31. The van der Waals surface area contributed by atoms with Gasteiger partial charge in [0, 0.05) is 20.6 Å². The largest absolute Gasteiger partial charge is 0.479 e. The number of hydrogen-bond acceptors (Lipinski definition) is 4. The van der Waals surface area contributed by atoms with Crippen LogP contribution in [-0.2, 0) is 14.3 Å². The first-order valence-electron chi connectivity index (χ1n) is 6.24. The van der Waals surface area contributed by atoms with Crippen molar-refractivity contribution in [3.05, 3.63) is 0 Å². The first-order chi connectivity index (χ1) is 8.43. The van der Waals surface area contributed by atoms with Gasteiger partial charge in [-0.3, -0.25) is 9.69 Å². The maximum atomic E-state index is 11.6. The van der Waals surface area contributed by atoms with E-state index in [0.717, 1.165) is 13.0 Å². The summed E-state index contributed by atoms with van der Waals surface area (Å²) >= 11 is 0. The third kappa shape index (κ3) is 4.27. The van der Waals surface area contributed by atoms with Gasteiger partial charge in [0.2, 0.25) is 5.91 Å². The SMILES string of the molecule is CCN(CC(=O)N(C)C)CC1CCC(C(=O)O)O1. The zero-order valence-corrected chi connectivity index (χ0v) is 11.3. The molecule has 0 spiro atoms. The van der Waals surface area contributed by atoms with Crippen molar-refractivity contribution in [1.29, 1.82) is 0 Å². The first-order valence-corrected chi connectivity index (χ1v) is 6.24. The highest BCUT2D eigenvalue weighted by atomic mass is 16.5. The number of carboxylic acid groups (broad SMARTS) is 1. The molecule has 18 heavy (non-hydrogen) atoms. The summed E-state index contributed by atoms with van der Waals surface area (Å²) in [4.78, 5) is 25.9. The van der Waals surface area contributed by atoms with Gasteiger partial charge in [0.15, 0.2) is 6.10 Å². The van der Waals surface area contributed by atoms with Crippen LogP contribution in [0.2, 0.25) is 0 Å². The second-order valence-electron chi connectivity index (χ2n) is 4.78. The molecule has 0 saturated carbocycles. The van der Waals surface area contributed by atoms with Crippen LogP contribution in [0.5, 0.6) is 0 Å². The Morgan fingerprint density at radius 2 is 2.00 bits per heavy atom. The van der Waals surface area contributed by atoms with Gasteiger partial charge in [0.1, 0.15) is 0 Å². The molecule has 1 heterocycles. The fourth-order valence-electron chi connectivity index (χ4n) is 1.95. The third-order valence-electron chi connectivity index (χ3n) is 3.15. The number of ether oxygens (including phenoxy) is 1. The van der Waals surface area contributed by atoms with Crippen LogP contribution in [0.3, 0.4) is 0 Å². The van der Waals surface area contributed by atoms with Gasteiger partial charge in [0.05, 0.1) is 12.6 Å². The van der Waals surface area contributed by atoms with E-state index in [0.29, 0.717) is 19.5 Å².